The van der Waals surface area contributed by atoms with Crippen molar-refractivity contribution in [3.05, 3.63) is 17.7 Å². The largest absolute Gasteiger partial charge is 0.493 e. The maximum Gasteiger partial charge on any atom is 0.203 e. The third-order valence-electron chi connectivity index (χ3n) is 1.90. The van der Waals surface area contributed by atoms with Crippen molar-refractivity contribution in [1.82, 2.24) is 0 Å². The molecule has 1 rings (SSSR count). The maximum absolute atomic E-state index is 8.87. The Balaban J connectivity index is 0.000000673. The first kappa shape index (κ1) is 14.5. The number of aryl methyl sites for hydroxylation is 1. The minimum Gasteiger partial charge on any atom is -0.493 e. The van der Waals surface area contributed by atoms with Crippen LogP contribution in [0.15, 0.2) is 12.1 Å². The summed E-state index contributed by atoms with van der Waals surface area (Å²) in [6.45, 7) is 1.96. The predicted molar refractivity (Wildman–Crippen MR) is 67.5 cm³/mol. The molecule has 0 N–H and O–H groups in total. The highest BCUT2D eigenvalue weighted by Gasteiger charge is 2.12. The third kappa shape index (κ3) is 3.58. The number of methoxy groups -OCH3 is 3. The highest BCUT2D eigenvalue weighted by molar-refractivity contribution is 6.48. The van der Waals surface area contributed by atoms with Crippen LogP contribution in [-0.4, -0.2) is 37.5 Å². The summed E-state index contributed by atoms with van der Waals surface area (Å²) in [5.41, 5.74) is 1.03. The smallest absolute Gasteiger partial charge is 0.203 e. The van der Waals surface area contributed by atoms with Crippen LogP contribution in [0.5, 0.6) is 17.2 Å². The first-order valence-electron chi connectivity index (χ1n) is 4.81. The molecule has 0 unspecified atom stereocenters. The predicted octanol–water partition coefficient (Wildman–Crippen LogP) is 0.563. The SMILES string of the molecule is COc1ccc(C)c(OC)c1OC.O=C[SiH3]. The van der Waals surface area contributed by atoms with Crippen LogP contribution in [0, 0.1) is 6.92 Å². The molecule has 1 aromatic rings. The summed E-state index contributed by atoms with van der Waals surface area (Å²) in [7, 11) is 5.50. The van der Waals surface area contributed by atoms with Gasteiger partial charge in [-0.25, -0.2) is 0 Å². The van der Waals surface area contributed by atoms with Gasteiger partial charge >= 0.3 is 0 Å². The van der Waals surface area contributed by atoms with Gasteiger partial charge in [-0.3, -0.25) is 0 Å². The molecule has 1 aromatic carbocycles. The Morgan fingerprint density at radius 1 is 1.06 bits per heavy atom. The first-order chi connectivity index (χ1) is 7.65. The van der Waals surface area contributed by atoms with Gasteiger partial charge in [0.25, 0.3) is 0 Å². The lowest BCUT2D eigenvalue weighted by molar-refractivity contribution is 0.323. The van der Waals surface area contributed by atoms with E-state index in [1.807, 2.05) is 19.1 Å². The van der Waals surface area contributed by atoms with Crippen molar-refractivity contribution >= 4 is 16.2 Å². The average Bonchev–Trinajstić information content (AvgIpc) is 2.29. The molecule has 0 spiro atoms. The Hall–Kier alpha value is -1.49. The quantitative estimate of drug-likeness (QED) is 0.574. The second kappa shape index (κ2) is 7.75. The molecular weight excluding hydrogens is 224 g/mol. The van der Waals surface area contributed by atoms with E-state index in [2.05, 4.69) is 0 Å². The summed E-state index contributed by atoms with van der Waals surface area (Å²) < 4.78 is 15.5. The lowest BCUT2D eigenvalue weighted by atomic mass is 10.2. The molecule has 90 valence electrons. The summed E-state index contributed by atoms with van der Waals surface area (Å²) in [4.78, 5) is 8.87. The molecule has 0 amide bonds. The number of carbonyl (C=O) groups excluding carboxylic acids is 1. The fraction of sp³-hybridized carbons (Fsp3) is 0.364. The van der Waals surface area contributed by atoms with Gasteiger partial charge in [-0.1, -0.05) is 6.07 Å². The van der Waals surface area contributed by atoms with Crippen molar-refractivity contribution in [2.24, 2.45) is 0 Å². The summed E-state index contributed by atoms with van der Waals surface area (Å²) in [5, 5.41) is 0. The molecular formula is C11H18O4Si. The third-order valence-corrected chi connectivity index (χ3v) is 1.90. The molecule has 0 heterocycles. The lowest BCUT2D eigenvalue weighted by Crippen LogP contribution is -1.96. The van der Waals surface area contributed by atoms with Crippen LogP contribution >= 0.6 is 0 Å². The van der Waals surface area contributed by atoms with Crippen LogP contribution in [0.2, 0.25) is 0 Å². The Morgan fingerprint density at radius 2 is 1.56 bits per heavy atom. The van der Waals surface area contributed by atoms with Crippen molar-refractivity contribution in [2.45, 2.75) is 6.92 Å². The van der Waals surface area contributed by atoms with Crippen molar-refractivity contribution in [3.8, 4) is 17.2 Å². The first-order valence-corrected chi connectivity index (χ1v) is 5.97. The molecule has 0 bridgehead atoms. The maximum atomic E-state index is 8.87. The Bertz CT molecular complexity index is 339. The zero-order chi connectivity index (χ0) is 12.6. The van der Waals surface area contributed by atoms with E-state index in [1.165, 1.54) is 0 Å². The number of benzene rings is 1. The molecule has 0 aliphatic carbocycles. The molecule has 16 heavy (non-hydrogen) atoms. The van der Waals surface area contributed by atoms with Gasteiger partial charge in [0, 0.05) is 0 Å². The molecule has 0 aliphatic heterocycles. The standard InChI is InChI=1S/C10H14O3.CH4OSi/c1-7-5-6-8(11-2)10(13-4)9(7)12-3;2-1-3/h5-6H,1-4H3;1H,3H3. The molecule has 0 radical (unpaired) electrons. The zero-order valence-electron chi connectivity index (χ0n) is 10.4. The number of carbonyl (C=O) groups is 1. The highest BCUT2D eigenvalue weighted by atomic mass is 28.1. The normalized spacial score (nSPS) is 8.75. The van der Waals surface area contributed by atoms with E-state index in [0.29, 0.717) is 21.7 Å². The van der Waals surface area contributed by atoms with Crippen molar-refractivity contribution < 1.29 is 19.0 Å². The molecule has 0 saturated carbocycles. The minimum atomic E-state index is 0.644. The zero-order valence-corrected chi connectivity index (χ0v) is 12.4. The molecule has 0 aliphatic rings. The Labute approximate surface area is 98.9 Å². The van der Waals surface area contributed by atoms with Gasteiger partial charge < -0.3 is 19.0 Å². The van der Waals surface area contributed by atoms with E-state index < -0.39 is 0 Å². The van der Waals surface area contributed by atoms with E-state index in [9.17, 15) is 0 Å². The molecule has 0 atom stereocenters. The summed E-state index contributed by atoms with van der Waals surface area (Å²) >= 11 is 0. The van der Waals surface area contributed by atoms with E-state index in [4.69, 9.17) is 19.0 Å². The van der Waals surface area contributed by atoms with Gasteiger partial charge in [0.05, 0.1) is 37.5 Å². The second-order valence-electron chi connectivity index (χ2n) is 2.89. The van der Waals surface area contributed by atoms with Gasteiger partial charge in [0.15, 0.2) is 11.5 Å². The molecule has 4 nitrogen and oxygen atoms in total. The van der Waals surface area contributed by atoms with Crippen molar-refractivity contribution in [2.75, 3.05) is 21.3 Å². The summed E-state index contributed by atoms with van der Waals surface area (Å²) in [6.07, 6.45) is 0. The van der Waals surface area contributed by atoms with E-state index in [0.717, 1.165) is 17.2 Å². The lowest BCUT2D eigenvalue weighted by Gasteiger charge is -2.13. The number of hydrogen-bond donors (Lipinski definition) is 0. The minimum absolute atomic E-state index is 0.644. The average molecular weight is 242 g/mol. The van der Waals surface area contributed by atoms with Gasteiger partial charge in [0.2, 0.25) is 5.75 Å². The highest BCUT2D eigenvalue weighted by Crippen LogP contribution is 2.38. The fourth-order valence-corrected chi connectivity index (χ4v) is 1.25. The molecule has 0 saturated heterocycles. The van der Waals surface area contributed by atoms with Crippen LogP contribution in [0.3, 0.4) is 0 Å². The fourth-order valence-electron chi connectivity index (χ4n) is 1.25. The Kier molecular flexibility index (Phi) is 7.03. The van der Waals surface area contributed by atoms with Gasteiger partial charge in [0.1, 0.15) is 0 Å². The van der Waals surface area contributed by atoms with Gasteiger partial charge in [-0.2, -0.15) is 0 Å². The monoisotopic (exact) mass is 242 g/mol. The second-order valence-corrected chi connectivity index (χ2v) is 3.36. The van der Waals surface area contributed by atoms with E-state index in [1.54, 1.807) is 21.3 Å². The summed E-state index contributed by atoms with van der Waals surface area (Å²) in [6, 6.07) is 3.79. The van der Waals surface area contributed by atoms with Crippen LogP contribution in [0.1, 0.15) is 5.56 Å². The Morgan fingerprint density at radius 3 is 1.94 bits per heavy atom. The summed E-state index contributed by atoms with van der Waals surface area (Å²) in [5.74, 6) is 2.94. The van der Waals surface area contributed by atoms with Crippen LogP contribution in [-0.2, 0) is 4.79 Å². The number of ether oxygens (including phenoxy) is 3. The number of rotatable bonds is 3. The molecule has 0 aromatic heterocycles. The molecule has 5 heteroatoms. The topological polar surface area (TPSA) is 44.8 Å². The van der Waals surface area contributed by atoms with E-state index in [-0.39, 0.29) is 0 Å². The van der Waals surface area contributed by atoms with E-state index >= 15 is 0 Å². The number of hydrogen-bond acceptors (Lipinski definition) is 4. The van der Waals surface area contributed by atoms with Crippen molar-refractivity contribution in [3.63, 3.8) is 0 Å². The molecule has 0 fully saturated rings. The van der Waals surface area contributed by atoms with Crippen LogP contribution in [0.25, 0.3) is 0 Å². The van der Waals surface area contributed by atoms with Gasteiger partial charge in [-0.05, 0) is 18.6 Å². The van der Waals surface area contributed by atoms with Crippen LogP contribution < -0.4 is 14.2 Å². The van der Waals surface area contributed by atoms with Gasteiger partial charge in [-0.15, -0.1) is 0 Å². The van der Waals surface area contributed by atoms with Crippen molar-refractivity contribution in [1.29, 1.82) is 0 Å². The van der Waals surface area contributed by atoms with Crippen LogP contribution in [0.4, 0.5) is 0 Å².